The molecule has 0 aliphatic rings. The Morgan fingerprint density at radius 1 is 1.29 bits per heavy atom. The first-order chi connectivity index (χ1) is 8.08. The average molecular weight is 250 g/mol. The number of benzene rings is 1. The third-order valence-corrected chi connectivity index (χ3v) is 3.14. The topological polar surface area (TPSA) is 39.2 Å². The highest BCUT2D eigenvalue weighted by molar-refractivity contribution is 6.34. The molecule has 1 unspecified atom stereocenters. The van der Waals surface area contributed by atoms with Gasteiger partial charge in [-0.2, -0.15) is 0 Å². The molecule has 17 heavy (non-hydrogen) atoms. The van der Waals surface area contributed by atoms with Crippen LogP contribution in [-0.4, -0.2) is 6.04 Å². The number of nitrogens with two attached hydrogens (primary N) is 1. The van der Waals surface area contributed by atoms with Crippen LogP contribution in [-0.2, 0) is 6.42 Å². The summed E-state index contributed by atoms with van der Waals surface area (Å²) in [7, 11) is 0. The third-order valence-electron chi connectivity index (χ3n) is 2.64. The predicted molar refractivity (Wildman–Crippen MR) is 71.2 cm³/mol. The maximum Gasteiger partial charge on any atom is 0.135 e. The number of hydrogen-bond acceptors (Lipinski definition) is 2. The van der Waals surface area contributed by atoms with Crippen LogP contribution in [0.2, 0.25) is 5.02 Å². The van der Waals surface area contributed by atoms with E-state index in [0.717, 1.165) is 34.1 Å². The van der Waals surface area contributed by atoms with Gasteiger partial charge in [0.1, 0.15) is 11.5 Å². The maximum atomic E-state index is 6.26. The Hall–Kier alpha value is -1.25. The average Bonchev–Trinajstić information content (AvgIpc) is 2.69. The molecule has 0 aliphatic carbocycles. The zero-order valence-electron chi connectivity index (χ0n) is 10.0. The lowest BCUT2D eigenvalue weighted by Gasteiger charge is -2.04. The van der Waals surface area contributed by atoms with Gasteiger partial charge in [0.15, 0.2) is 0 Å². The minimum absolute atomic E-state index is 0.0991. The standard InChI is InChI=1S/C14H16ClNO/c1-9-4-3-5-12(14(9)15)13-7-6-11(17-13)8-10(2)16/h3-7,10H,8,16H2,1-2H3. The summed E-state index contributed by atoms with van der Waals surface area (Å²) >= 11 is 6.26. The summed E-state index contributed by atoms with van der Waals surface area (Å²) < 4.78 is 5.75. The molecule has 0 spiro atoms. The van der Waals surface area contributed by atoms with E-state index in [9.17, 15) is 0 Å². The summed E-state index contributed by atoms with van der Waals surface area (Å²) in [5.74, 6) is 1.70. The Kier molecular flexibility index (Phi) is 3.55. The van der Waals surface area contributed by atoms with E-state index in [1.165, 1.54) is 0 Å². The fourth-order valence-electron chi connectivity index (χ4n) is 1.79. The fourth-order valence-corrected chi connectivity index (χ4v) is 2.01. The highest BCUT2D eigenvalue weighted by Crippen LogP contribution is 2.31. The highest BCUT2D eigenvalue weighted by atomic mass is 35.5. The van der Waals surface area contributed by atoms with Crippen molar-refractivity contribution in [1.82, 2.24) is 0 Å². The number of halogens is 1. The summed E-state index contributed by atoms with van der Waals surface area (Å²) in [6.07, 6.45) is 0.740. The molecule has 0 fully saturated rings. The van der Waals surface area contributed by atoms with Gasteiger partial charge < -0.3 is 10.2 Å². The number of furan rings is 1. The molecule has 2 nitrogen and oxygen atoms in total. The normalized spacial score (nSPS) is 12.7. The molecule has 1 aromatic carbocycles. The summed E-state index contributed by atoms with van der Waals surface area (Å²) in [6.45, 7) is 3.94. The molecule has 0 amide bonds. The second-order valence-corrected chi connectivity index (χ2v) is 4.76. The van der Waals surface area contributed by atoms with Gasteiger partial charge in [-0.3, -0.25) is 0 Å². The SMILES string of the molecule is Cc1cccc(-c2ccc(CC(C)N)o2)c1Cl. The molecule has 0 bridgehead atoms. The van der Waals surface area contributed by atoms with Gasteiger partial charge in [0, 0.05) is 18.0 Å². The first kappa shape index (κ1) is 12.2. The van der Waals surface area contributed by atoms with Gasteiger partial charge in [-0.1, -0.05) is 23.7 Å². The minimum Gasteiger partial charge on any atom is -0.461 e. The monoisotopic (exact) mass is 249 g/mol. The van der Waals surface area contributed by atoms with Gasteiger partial charge in [0.25, 0.3) is 0 Å². The predicted octanol–water partition coefficient (Wildman–Crippen LogP) is 3.80. The van der Waals surface area contributed by atoms with Gasteiger partial charge in [0.2, 0.25) is 0 Å². The molecule has 1 atom stereocenters. The lowest BCUT2D eigenvalue weighted by molar-refractivity contribution is 0.503. The van der Waals surface area contributed by atoms with Crippen LogP contribution < -0.4 is 5.73 Å². The lowest BCUT2D eigenvalue weighted by atomic mass is 10.1. The van der Waals surface area contributed by atoms with E-state index in [1.54, 1.807) is 0 Å². The van der Waals surface area contributed by atoms with Crippen molar-refractivity contribution in [2.45, 2.75) is 26.3 Å². The smallest absolute Gasteiger partial charge is 0.135 e. The van der Waals surface area contributed by atoms with E-state index in [4.69, 9.17) is 21.8 Å². The Bertz CT molecular complexity index is 517. The summed E-state index contributed by atoms with van der Waals surface area (Å²) in [5.41, 5.74) is 7.72. The Morgan fingerprint density at radius 3 is 2.76 bits per heavy atom. The molecule has 2 aromatic rings. The minimum atomic E-state index is 0.0991. The van der Waals surface area contributed by atoms with Gasteiger partial charge in [-0.15, -0.1) is 0 Å². The Labute approximate surface area is 106 Å². The zero-order valence-corrected chi connectivity index (χ0v) is 10.8. The highest BCUT2D eigenvalue weighted by Gasteiger charge is 2.10. The van der Waals surface area contributed by atoms with Crippen molar-refractivity contribution in [1.29, 1.82) is 0 Å². The molecule has 0 aliphatic heterocycles. The van der Waals surface area contributed by atoms with Crippen molar-refractivity contribution < 1.29 is 4.42 Å². The second-order valence-electron chi connectivity index (χ2n) is 4.38. The molecule has 0 saturated heterocycles. The second kappa shape index (κ2) is 4.94. The number of aryl methyl sites for hydroxylation is 1. The first-order valence-corrected chi connectivity index (χ1v) is 6.05. The number of rotatable bonds is 3. The molecular formula is C14H16ClNO. The van der Waals surface area contributed by atoms with Crippen LogP contribution in [0, 0.1) is 6.92 Å². The largest absolute Gasteiger partial charge is 0.461 e. The van der Waals surface area contributed by atoms with Gasteiger partial charge >= 0.3 is 0 Å². The Balaban J connectivity index is 2.34. The molecular weight excluding hydrogens is 234 g/mol. The van der Waals surface area contributed by atoms with E-state index in [2.05, 4.69) is 0 Å². The van der Waals surface area contributed by atoms with Crippen LogP contribution in [0.4, 0.5) is 0 Å². The van der Waals surface area contributed by atoms with Crippen molar-refractivity contribution >= 4 is 11.6 Å². The first-order valence-electron chi connectivity index (χ1n) is 5.67. The van der Waals surface area contributed by atoms with E-state index in [-0.39, 0.29) is 6.04 Å². The molecule has 0 radical (unpaired) electrons. The lowest BCUT2D eigenvalue weighted by Crippen LogP contribution is -2.17. The van der Waals surface area contributed by atoms with E-state index < -0.39 is 0 Å². The van der Waals surface area contributed by atoms with Crippen molar-refractivity contribution in [3.63, 3.8) is 0 Å². The molecule has 90 valence electrons. The van der Waals surface area contributed by atoms with Crippen molar-refractivity contribution in [3.05, 3.63) is 46.7 Å². The maximum absolute atomic E-state index is 6.26. The van der Waals surface area contributed by atoms with Crippen LogP contribution in [0.5, 0.6) is 0 Å². The number of hydrogen-bond donors (Lipinski definition) is 1. The Morgan fingerprint density at radius 2 is 2.06 bits per heavy atom. The van der Waals surface area contributed by atoms with Crippen LogP contribution in [0.3, 0.4) is 0 Å². The van der Waals surface area contributed by atoms with Crippen LogP contribution in [0.15, 0.2) is 34.7 Å². The zero-order chi connectivity index (χ0) is 12.4. The summed E-state index contributed by atoms with van der Waals surface area (Å²) in [5, 5.41) is 0.745. The van der Waals surface area contributed by atoms with Crippen molar-refractivity contribution in [3.8, 4) is 11.3 Å². The van der Waals surface area contributed by atoms with Crippen LogP contribution >= 0.6 is 11.6 Å². The van der Waals surface area contributed by atoms with Crippen LogP contribution in [0.25, 0.3) is 11.3 Å². The molecule has 2 N–H and O–H groups in total. The molecule has 0 saturated carbocycles. The van der Waals surface area contributed by atoms with Crippen LogP contribution in [0.1, 0.15) is 18.2 Å². The van der Waals surface area contributed by atoms with Gasteiger partial charge in [-0.25, -0.2) is 0 Å². The third kappa shape index (κ3) is 2.71. The summed E-state index contributed by atoms with van der Waals surface area (Å²) in [4.78, 5) is 0. The van der Waals surface area contributed by atoms with Gasteiger partial charge in [-0.05, 0) is 37.6 Å². The van der Waals surface area contributed by atoms with Gasteiger partial charge in [0.05, 0.1) is 5.02 Å². The van der Waals surface area contributed by atoms with Crippen molar-refractivity contribution in [2.75, 3.05) is 0 Å². The molecule has 2 rings (SSSR count). The molecule has 3 heteroatoms. The quantitative estimate of drug-likeness (QED) is 0.899. The molecule has 1 heterocycles. The van der Waals surface area contributed by atoms with E-state index in [1.807, 2.05) is 44.2 Å². The van der Waals surface area contributed by atoms with E-state index in [0.29, 0.717) is 0 Å². The summed E-state index contributed by atoms with van der Waals surface area (Å²) in [6, 6.07) is 9.92. The molecule has 1 aromatic heterocycles. The fraction of sp³-hybridized carbons (Fsp3) is 0.286. The van der Waals surface area contributed by atoms with E-state index >= 15 is 0 Å². The van der Waals surface area contributed by atoms with Crippen molar-refractivity contribution in [2.24, 2.45) is 5.73 Å².